The van der Waals surface area contributed by atoms with Crippen LogP contribution in [0.1, 0.15) is 104 Å². The zero-order chi connectivity index (χ0) is 23.5. The van der Waals surface area contributed by atoms with Gasteiger partial charge >= 0.3 is 5.97 Å². The number of hydrogen-bond acceptors (Lipinski definition) is 7. The van der Waals surface area contributed by atoms with Crippen molar-refractivity contribution in [3.63, 3.8) is 0 Å². The minimum Gasteiger partial charge on any atom is -0.463 e. The van der Waals surface area contributed by atoms with Gasteiger partial charge in [0.1, 0.15) is 31.0 Å². The maximum Gasteiger partial charge on any atom is 0.305 e. The molecule has 0 saturated carbocycles. The molecule has 0 saturated heterocycles. The van der Waals surface area contributed by atoms with Crippen molar-refractivity contribution in [3.05, 3.63) is 0 Å². The van der Waals surface area contributed by atoms with Crippen molar-refractivity contribution in [2.24, 2.45) is 5.92 Å². The van der Waals surface area contributed by atoms with Gasteiger partial charge in [0, 0.05) is 6.42 Å². The second-order valence-corrected chi connectivity index (χ2v) is 9.16. The molecule has 0 aromatic carbocycles. The van der Waals surface area contributed by atoms with Crippen LogP contribution in [0.15, 0.2) is 0 Å². The van der Waals surface area contributed by atoms with E-state index in [0.717, 1.165) is 25.2 Å². The highest BCUT2D eigenvalue weighted by atomic mass is 16.5. The fourth-order valence-electron chi connectivity index (χ4n) is 3.50. The molecule has 0 unspecified atom stereocenters. The van der Waals surface area contributed by atoms with Crippen LogP contribution in [0.3, 0.4) is 0 Å². The summed E-state index contributed by atoms with van der Waals surface area (Å²) in [4.78, 5) is 11.7. The van der Waals surface area contributed by atoms with Crippen LogP contribution in [0.5, 0.6) is 0 Å². The molecule has 5 N–H and O–H groups in total. The molecule has 0 bridgehead atoms. The molecular formula is C24H48O7. The molecule has 7 nitrogen and oxygen atoms in total. The Labute approximate surface area is 188 Å². The summed E-state index contributed by atoms with van der Waals surface area (Å²) in [6.07, 6.45) is 9.66. The van der Waals surface area contributed by atoms with Gasteiger partial charge in [0.05, 0.1) is 6.61 Å². The molecule has 0 radical (unpaired) electrons. The molecule has 0 rings (SSSR count). The van der Waals surface area contributed by atoms with Crippen LogP contribution in [0, 0.1) is 5.92 Å². The van der Waals surface area contributed by atoms with Gasteiger partial charge in [-0.05, 0) is 12.3 Å². The minimum atomic E-state index is -1.71. The van der Waals surface area contributed by atoms with E-state index in [0.29, 0.717) is 0 Å². The van der Waals surface area contributed by atoms with Gasteiger partial charge in [-0.1, -0.05) is 90.9 Å². The van der Waals surface area contributed by atoms with Gasteiger partial charge in [0.2, 0.25) is 0 Å². The van der Waals surface area contributed by atoms with Gasteiger partial charge in [-0.2, -0.15) is 0 Å². The summed E-state index contributed by atoms with van der Waals surface area (Å²) in [5.41, 5.74) is 0. The summed E-state index contributed by atoms with van der Waals surface area (Å²) in [5.74, 6) is 0.364. The first-order chi connectivity index (χ1) is 14.8. The molecular weight excluding hydrogens is 400 g/mol. The fourth-order valence-corrected chi connectivity index (χ4v) is 3.50. The Kier molecular flexibility index (Phi) is 19.4. The molecule has 31 heavy (non-hydrogen) atoms. The highest BCUT2D eigenvalue weighted by molar-refractivity contribution is 5.69. The van der Waals surface area contributed by atoms with Crippen LogP contribution in [-0.2, 0) is 9.53 Å². The van der Waals surface area contributed by atoms with Crippen molar-refractivity contribution in [1.82, 2.24) is 0 Å². The topological polar surface area (TPSA) is 127 Å². The van der Waals surface area contributed by atoms with E-state index in [-0.39, 0.29) is 6.42 Å². The average Bonchev–Trinajstić information content (AvgIpc) is 2.75. The Balaban J connectivity index is 3.48. The molecule has 0 aliphatic heterocycles. The van der Waals surface area contributed by atoms with Crippen molar-refractivity contribution in [2.45, 2.75) is 128 Å². The van der Waals surface area contributed by atoms with E-state index in [4.69, 9.17) is 9.84 Å². The number of esters is 1. The van der Waals surface area contributed by atoms with Gasteiger partial charge in [-0.25, -0.2) is 0 Å². The van der Waals surface area contributed by atoms with Crippen LogP contribution >= 0.6 is 0 Å². The summed E-state index contributed by atoms with van der Waals surface area (Å²) < 4.78 is 4.90. The van der Waals surface area contributed by atoms with Crippen molar-refractivity contribution in [1.29, 1.82) is 0 Å². The Morgan fingerprint density at radius 2 is 1.10 bits per heavy atom. The van der Waals surface area contributed by atoms with E-state index in [1.54, 1.807) is 0 Å². The summed E-state index contributed by atoms with van der Waals surface area (Å²) in [5, 5.41) is 46.8. The standard InChI is InChI=1S/C24H48O7/c1-19(2)15-13-11-9-7-5-3-4-6-8-10-12-14-16-22(28)31-18-21(27)24(30)23(29)20(26)17-25/h19-21,23-27,29-30H,3-18H2,1-2H3/t20-,21+,23+,24+/m0/s1. The van der Waals surface area contributed by atoms with Crippen molar-refractivity contribution >= 4 is 5.97 Å². The SMILES string of the molecule is CC(C)CCCCCCCCCCCCCCC(=O)OC[C@@H](O)[C@@H](O)[C@H](O)[C@@H](O)CO. The second kappa shape index (κ2) is 19.9. The highest BCUT2D eigenvalue weighted by Crippen LogP contribution is 2.14. The largest absolute Gasteiger partial charge is 0.463 e. The lowest BCUT2D eigenvalue weighted by Crippen LogP contribution is -2.47. The Hall–Kier alpha value is -0.730. The number of ether oxygens (including phenoxy) is 1. The summed E-state index contributed by atoms with van der Waals surface area (Å²) in [6, 6.07) is 0. The van der Waals surface area contributed by atoms with Crippen LogP contribution in [-0.4, -0.2) is 69.1 Å². The zero-order valence-corrected chi connectivity index (χ0v) is 19.8. The number of hydrogen-bond donors (Lipinski definition) is 5. The number of carbonyl (C=O) groups is 1. The Morgan fingerprint density at radius 3 is 1.55 bits per heavy atom. The van der Waals surface area contributed by atoms with Crippen molar-refractivity contribution in [2.75, 3.05) is 13.2 Å². The zero-order valence-electron chi connectivity index (χ0n) is 19.8. The summed E-state index contributed by atoms with van der Waals surface area (Å²) in [6.45, 7) is 3.36. The van der Waals surface area contributed by atoms with Crippen LogP contribution in [0.2, 0.25) is 0 Å². The smallest absolute Gasteiger partial charge is 0.305 e. The highest BCUT2D eigenvalue weighted by Gasteiger charge is 2.30. The normalized spacial score (nSPS) is 15.6. The average molecular weight is 449 g/mol. The predicted molar refractivity (Wildman–Crippen MR) is 122 cm³/mol. The lowest BCUT2D eigenvalue weighted by atomic mass is 10.0. The maximum atomic E-state index is 11.7. The maximum absolute atomic E-state index is 11.7. The van der Waals surface area contributed by atoms with E-state index in [9.17, 15) is 25.2 Å². The van der Waals surface area contributed by atoms with E-state index >= 15 is 0 Å². The fraction of sp³-hybridized carbons (Fsp3) is 0.958. The van der Waals surface area contributed by atoms with Crippen LogP contribution < -0.4 is 0 Å². The molecule has 4 atom stereocenters. The number of aliphatic hydroxyl groups excluding tert-OH is 5. The number of aliphatic hydroxyl groups is 5. The first-order valence-electron chi connectivity index (χ1n) is 12.3. The van der Waals surface area contributed by atoms with Crippen molar-refractivity contribution in [3.8, 4) is 0 Å². The quantitative estimate of drug-likeness (QED) is 0.135. The van der Waals surface area contributed by atoms with E-state index < -0.39 is 43.6 Å². The first-order valence-corrected chi connectivity index (χ1v) is 12.3. The molecule has 0 heterocycles. The van der Waals surface area contributed by atoms with Gasteiger partial charge in [-0.3, -0.25) is 4.79 Å². The molecule has 0 spiro atoms. The van der Waals surface area contributed by atoms with Crippen LogP contribution in [0.25, 0.3) is 0 Å². The Morgan fingerprint density at radius 1 is 0.677 bits per heavy atom. The minimum absolute atomic E-state index is 0.251. The molecule has 0 aliphatic carbocycles. The van der Waals surface area contributed by atoms with Gasteiger partial charge < -0.3 is 30.3 Å². The molecule has 0 aromatic rings. The lowest BCUT2D eigenvalue weighted by Gasteiger charge is -2.25. The summed E-state index contributed by atoms with van der Waals surface area (Å²) >= 11 is 0. The van der Waals surface area contributed by atoms with E-state index in [1.165, 1.54) is 64.2 Å². The Bertz CT molecular complexity index is 417. The monoisotopic (exact) mass is 448 g/mol. The third-order valence-electron chi connectivity index (χ3n) is 5.65. The third-order valence-corrected chi connectivity index (χ3v) is 5.65. The van der Waals surface area contributed by atoms with Gasteiger partial charge in [0.15, 0.2) is 0 Å². The van der Waals surface area contributed by atoms with Crippen molar-refractivity contribution < 1.29 is 35.1 Å². The number of carbonyl (C=O) groups excluding carboxylic acids is 1. The summed E-state index contributed by atoms with van der Waals surface area (Å²) in [7, 11) is 0. The number of rotatable bonds is 21. The lowest BCUT2D eigenvalue weighted by molar-refractivity contribution is -0.156. The predicted octanol–water partition coefficient (Wildman–Crippen LogP) is 3.08. The van der Waals surface area contributed by atoms with Crippen LogP contribution in [0.4, 0.5) is 0 Å². The molecule has 7 heteroatoms. The molecule has 0 fully saturated rings. The van der Waals surface area contributed by atoms with E-state index in [2.05, 4.69) is 13.8 Å². The van der Waals surface area contributed by atoms with Gasteiger partial charge in [-0.15, -0.1) is 0 Å². The molecule has 186 valence electrons. The molecule has 0 amide bonds. The van der Waals surface area contributed by atoms with E-state index in [1.807, 2.05) is 0 Å². The molecule has 0 aromatic heterocycles. The van der Waals surface area contributed by atoms with Gasteiger partial charge in [0.25, 0.3) is 0 Å². The second-order valence-electron chi connectivity index (χ2n) is 9.16. The number of unbranched alkanes of at least 4 members (excludes halogenated alkanes) is 11. The molecule has 0 aliphatic rings. The third kappa shape index (κ3) is 17.5. The first kappa shape index (κ1) is 30.3.